The van der Waals surface area contributed by atoms with Crippen molar-refractivity contribution >= 4 is 21.5 Å². The molecule has 258 valence electrons. The number of hydrogen-bond donors (Lipinski definition) is 0. The van der Waals surface area contributed by atoms with Crippen molar-refractivity contribution in [2.24, 2.45) is 0 Å². The van der Waals surface area contributed by atoms with E-state index in [1.807, 2.05) is 0 Å². The minimum Gasteiger partial charge on any atom is -0.248 e. The quantitative estimate of drug-likeness (QED) is 0.174. The zero-order valence-electron chi connectivity index (χ0n) is 30.5. The largest absolute Gasteiger partial charge is 0.248 e. The van der Waals surface area contributed by atoms with Crippen LogP contribution in [0.15, 0.2) is 200 Å². The molecule has 0 saturated carbocycles. The zero-order valence-corrected chi connectivity index (χ0v) is 30.5. The Morgan fingerprint density at radius 3 is 1.02 bits per heavy atom. The van der Waals surface area contributed by atoms with E-state index in [2.05, 4.69) is 200 Å². The molecule has 0 radical (unpaired) electrons. The van der Waals surface area contributed by atoms with Gasteiger partial charge in [0.25, 0.3) is 0 Å². The van der Waals surface area contributed by atoms with Gasteiger partial charge in [0.15, 0.2) is 0 Å². The normalized spacial score (nSPS) is 11.9. The predicted octanol–water partition coefficient (Wildman–Crippen LogP) is 15.0. The second-order valence-corrected chi connectivity index (χ2v) is 15.0. The Bertz CT molecular complexity index is 2950. The maximum absolute atomic E-state index is 5.31. The molecule has 0 unspecified atom stereocenters. The molecule has 0 atom stereocenters. The van der Waals surface area contributed by atoms with Gasteiger partial charge < -0.3 is 0 Å². The van der Waals surface area contributed by atoms with Gasteiger partial charge in [-0.3, -0.25) is 0 Å². The lowest BCUT2D eigenvalue weighted by molar-refractivity contribution is 1.32. The summed E-state index contributed by atoms with van der Waals surface area (Å²) in [6.07, 6.45) is 0. The van der Waals surface area contributed by atoms with Crippen LogP contribution in [0.1, 0.15) is 0 Å². The molecule has 12 rings (SSSR count). The number of hydrogen-bond acceptors (Lipinski definition) is 1. The molecule has 1 nitrogen and oxygen atoms in total. The van der Waals surface area contributed by atoms with Crippen molar-refractivity contribution in [1.29, 1.82) is 0 Å². The Hall–Kier alpha value is -7.35. The summed E-state index contributed by atoms with van der Waals surface area (Å²) in [6, 6.07) is 73.1. The summed E-state index contributed by atoms with van der Waals surface area (Å²) in [6.45, 7) is 0. The van der Waals surface area contributed by atoms with Gasteiger partial charge in [0, 0.05) is 11.1 Å². The third-order valence-corrected chi connectivity index (χ3v) is 12.0. The van der Waals surface area contributed by atoms with Crippen molar-refractivity contribution in [1.82, 2.24) is 4.98 Å². The van der Waals surface area contributed by atoms with Gasteiger partial charge in [0.2, 0.25) is 0 Å². The van der Waals surface area contributed by atoms with Crippen LogP contribution in [-0.4, -0.2) is 4.98 Å². The molecule has 56 heavy (non-hydrogen) atoms. The first-order valence-corrected chi connectivity index (χ1v) is 19.4. The highest BCUT2D eigenvalue weighted by Gasteiger charge is 2.24. The average molecular weight is 708 g/mol. The van der Waals surface area contributed by atoms with Crippen LogP contribution in [-0.2, 0) is 0 Å². The van der Waals surface area contributed by atoms with Gasteiger partial charge in [-0.15, -0.1) is 0 Å². The van der Waals surface area contributed by atoms with E-state index >= 15 is 0 Å². The monoisotopic (exact) mass is 707 g/mol. The minimum atomic E-state index is 0.958. The second-order valence-electron chi connectivity index (χ2n) is 15.0. The molecule has 0 bridgehead atoms. The molecule has 2 aliphatic rings. The maximum Gasteiger partial charge on any atom is 0.0715 e. The summed E-state index contributed by atoms with van der Waals surface area (Å²) in [5.74, 6) is 0. The van der Waals surface area contributed by atoms with E-state index in [0.29, 0.717) is 0 Å². The van der Waals surface area contributed by atoms with E-state index in [4.69, 9.17) is 4.98 Å². The van der Waals surface area contributed by atoms with Gasteiger partial charge in [-0.2, -0.15) is 0 Å². The lowest BCUT2D eigenvalue weighted by atomic mass is 9.93. The summed E-state index contributed by atoms with van der Waals surface area (Å²) >= 11 is 0. The fourth-order valence-corrected chi connectivity index (χ4v) is 9.39. The Morgan fingerprint density at radius 2 is 0.571 bits per heavy atom. The van der Waals surface area contributed by atoms with Crippen LogP contribution < -0.4 is 0 Å². The molecule has 0 fully saturated rings. The van der Waals surface area contributed by atoms with Gasteiger partial charge in [-0.1, -0.05) is 188 Å². The third kappa shape index (κ3) is 4.65. The average Bonchev–Trinajstić information content (AvgIpc) is 3.79. The summed E-state index contributed by atoms with van der Waals surface area (Å²) in [5, 5.41) is 5.28. The van der Waals surface area contributed by atoms with E-state index in [0.717, 1.165) is 28.1 Å². The van der Waals surface area contributed by atoms with Crippen molar-refractivity contribution in [2.75, 3.05) is 0 Å². The first-order chi connectivity index (χ1) is 27.8. The summed E-state index contributed by atoms with van der Waals surface area (Å²) in [5.41, 5.74) is 21.9. The lowest BCUT2D eigenvalue weighted by Gasteiger charge is -2.13. The fourth-order valence-electron chi connectivity index (χ4n) is 9.39. The first-order valence-electron chi connectivity index (χ1n) is 19.4. The first kappa shape index (κ1) is 31.0. The zero-order chi connectivity index (χ0) is 36.7. The molecule has 0 aliphatic heterocycles. The van der Waals surface area contributed by atoms with Gasteiger partial charge >= 0.3 is 0 Å². The van der Waals surface area contributed by atoms with Gasteiger partial charge in [-0.25, -0.2) is 4.98 Å². The van der Waals surface area contributed by atoms with Gasteiger partial charge in [0.05, 0.1) is 11.4 Å². The molecule has 0 amide bonds. The number of pyridine rings is 1. The Balaban J connectivity index is 0.923. The van der Waals surface area contributed by atoms with Crippen molar-refractivity contribution in [3.63, 3.8) is 0 Å². The van der Waals surface area contributed by atoms with Crippen molar-refractivity contribution in [3.8, 4) is 100 Å². The third-order valence-electron chi connectivity index (χ3n) is 12.0. The number of rotatable bonds is 5. The van der Waals surface area contributed by atoms with Crippen LogP contribution >= 0.6 is 0 Å². The highest BCUT2D eigenvalue weighted by molar-refractivity contribution is 6.20. The number of fused-ring (bicyclic) bond motifs is 6. The Kier molecular flexibility index (Phi) is 6.70. The SMILES string of the molecule is c1ccc(-c2cc(-c3ccc(-c4ccc5c6c(cccc46)-c4ccccc4-5)cc3)nc(-c3ccc(-c4ccc5c6c(cccc46)-c4ccccc4-5)cc3)c2)cc1. The molecule has 1 heterocycles. The molecular weight excluding hydrogens is 675 g/mol. The Morgan fingerprint density at radius 1 is 0.214 bits per heavy atom. The fraction of sp³-hybridized carbons (Fsp3) is 0. The van der Waals surface area contributed by atoms with Crippen LogP contribution in [0.2, 0.25) is 0 Å². The van der Waals surface area contributed by atoms with Crippen molar-refractivity contribution in [2.45, 2.75) is 0 Å². The standard InChI is InChI=1S/C55H33N/c1-2-10-34(11-3-1)39-32-52(37-24-20-35(21-25-37)40-28-30-50-44-14-6-4-12-42(44)48-18-8-16-46(40)54(48)50)56-53(33-39)38-26-22-36(23-27-38)41-29-31-51-45-15-7-5-13-43(45)49-19-9-17-47(41)55(49)51/h1-33H. The van der Waals surface area contributed by atoms with Crippen LogP contribution in [0.3, 0.4) is 0 Å². The van der Waals surface area contributed by atoms with Gasteiger partial charge in [0.1, 0.15) is 0 Å². The smallest absolute Gasteiger partial charge is 0.0715 e. The molecule has 2 aliphatic carbocycles. The Labute approximate surface area is 325 Å². The predicted molar refractivity (Wildman–Crippen MR) is 235 cm³/mol. The molecule has 9 aromatic carbocycles. The number of nitrogens with zero attached hydrogens (tertiary/aromatic N) is 1. The van der Waals surface area contributed by atoms with Gasteiger partial charge in [-0.05, 0) is 112 Å². The van der Waals surface area contributed by atoms with Crippen LogP contribution in [0.25, 0.3) is 122 Å². The molecule has 10 aromatic rings. The molecule has 1 heteroatoms. The van der Waals surface area contributed by atoms with E-state index in [1.54, 1.807) is 0 Å². The molecule has 0 spiro atoms. The summed E-state index contributed by atoms with van der Waals surface area (Å²) in [4.78, 5) is 5.31. The number of benzene rings is 9. The minimum absolute atomic E-state index is 0.958. The highest BCUT2D eigenvalue weighted by atomic mass is 14.7. The summed E-state index contributed by atoms with van der Waals surface area (Å²) < 4.78 is 0. The van der Waals surface area contributed by atoms with Crippen molar-refractivity contribution < 1.29 is 0 Å². The van der Waals surface area contributed by atoms with E-state index in [-0.39, 0.29) is 0 Å². The van der Waals surface area contributed by atoms with E-state index in [1.165, 1.54) is 93.9 Å². The lowest BCUT2D eigenvalue weighted by Crippen LogP contribution is -1.92. The second kappa shape index (κ2) is 12.1. The molecule has 0 N–H and O–H groups in total. The maximum atomic E-state index is 5.31. The summed E-state index contributed by atoms with van der Waals surface area (Å²) in [7, 11) is 0. The van der Waals surface area contributed by atoms with Crippen LogP contribution in [0.5, 0.6) is 0 Å². The highest BCUT2D eigenvalue weighted by Crippen LogP contribution is 2.50. The topological polar surface area (TPSA) is 12.9 Å². The van der Waals surface area contributed by atoms with E-state index in [9.17, 15) is 0 Å². The van der Waals surface area contributed by atoms with Crippen molar-refractivity contribution in [3.05, 3.63) is 200 Å². The van der Waals surface area contributed by atoms with Crippen LogP contribution in [0.4, 0.5) is 0 Å². The van der Waals surface area contributed by atoms with E-state index < -0.39 is 0 Å². The number of aromatic nitrogens is 1. The van der Waals surface area contributed by atoms with Crippen LogP contribution in [0, 0.1) is 0 Å². The molecular formula is C55H33N. The molecule has 1 aromatic heterocycles. The molecule has 0 saturated heterocycles.